The van der Waals surface area contributed by atoms with Gasteiger partial charge in [0.15, 0.2) is 0 Å². The summed E-state index contributed by atoms with van der Waals surface area (Å²) in [6.45, 7) is 7.63. The molecule has 1 fully saturated rings. The number of hydrogen-bond acceptors (Lipinski definition) is 4. The smallest absolute Gasteiger partial charge is 0.134 e. The average Bonchev–Trinajstić information content (AvgIpc) is 2.53. The minimum Gasteiger partial charge on any atom is -0.234 e. The molecule has 1 unspecified atom stereocenters. The van der Waals surface area contributed by atoms with Crippen LogP contribution in [0.4, 0.5) is 0 Å². The van der Waals surface area contributed by atoms with E-state index >= 15 is 0 Å². The first kappa shape index (κ1) is 17.5. The lowest BCUT2D eigenvalue weighted by Gasteiger charge is -2.68. The van der Waals surface area contributed by atoms with Gasteiger partial charge in [-0.25, -0.2) is 19.2 Å². The Morgan fingerprint density at radius 2 is 1.52 bits per heavy atom. The van der Waals surface area contributed by atoms with Crippen molar-refractivity contribution in [2.45, 2.75) is 50.6 Å². The highest BCUT2D eigenvalue weighted by molar-refractivity contribution is 7.79. The van der Waals surface area contributed by atoms with E-state index in [1.807, 2.05) is 27.7 Å². The van der Waals surface area contributed by atoms with Gasteiger partial charge in [0.05, 0.1) is 16.7 Å². The van der Waals surface area contributed by atoms with Crippen molar-refractivity contribution in [2.75, 3.05) is 0 Å². The highest BCUT2D eigenvalue weighted by Gasteiger charge is 2.68. The molecular weight excluding hydrogens is 311 g/mol. The largest absolute Gasteiger partial charge is 0.234 e. The summed E-state index contributed by atoms with van der Waals surface area (Å²) >= 11 is 0. The van der Waals surface area contributed by atoms with Crippen LogP contribution in [0.25, 0.3) is 0 Å². The van der Waals surface area contributed by atoms with Crippen LogP contribution < -0.4 is 0 Å². The second kappa shape index (κ2) is 5.33. The molecule has 0 amide bonds. The van der Waals surface area contributed by atoms with Crippen molar-refractivity contribution in [1.82, 2.24) is 0 Å². The van der Waals surface area contributed by atoms with E-state index in [0.717, 1.165) is 0 Å². The lowest BCUT2D eigenvalue weighted by molar-refractivity contribution is 0.298. The molecule has 1 saturated heterocycles. The molecule has 1 aliphatic carbocycles. The summed E-state index contributed by atoms with van der Waals surface area (Å²) in [6.07, 6.45) is 3.11. The molecule has 0 radical (unpaired) electrons. The topological polar surface area (TPSA) is 68.3 Å². The number of hydrogen-bond donors (Lipinski definition) is 0. The Kier molecular flexibility index (Phi) is 4.04. The van der Waals surface area contributed by atoms with Crippen LogP contribution in [0.2, 0.25) is 0 Å². The van der Waals surface area contributed by atoms with Gasteiger partial charge < -0.3 is 0 Å². The lowest BCUT2D eigenvalue weighted by atomic mass is 9.83. The second-order valence-electron chi connectivity index (χ2n) is 7.16. The fourth-order valence-corrected chi connectivity index (χ4v) is 10.5. The third kappa shape index (κ3) is 1.82. The monoisotopic (exact) mass is 330 g/mol. The van der Waals surface area contributed by atoms with Crippen molar-refractivity contribution in [2.24, 2.45) is 5.92 Å². The normalized spacial score (nSPS) is 33.9. The molecule has 0 aromatic heterocycles. The zero-order valence-electron chi connectivity index (χ0n) is 13.9. The van der Waals surface area contributed by atoms with Crippen LogP contribution in [-0.4, -0.2) is 39.5 Å². The van der Waals surface area contributed by atoms with Crippen molar-refractivity contribution < 1.29 is 19.2 Å². The minimum absolute atomic E-state index is 0.0252. The van der Waals surface area contributed by atoms with Gasteiger partial charge in [0, 0.05) is 12.5 Å². The van der Waals surface area contributed by atoms with Gasteiger partial charge in [-0.05, 0) is 22.3 Å². The zero-order valence-corrected chi connectivity index (χ0v) is 14.8. The summed E-state index contributed by atoms with van der Waals surface area (Å²) in [5.74, 6) is 5.32. The Labute approximate surface area is 135 Å². The number of allylic oxidation sites excluding steroid dienone is 5. The number of rotatable bonds is 1. The molecule has 1 aliphatic heterocycles. The third-order valence-corrected chi connectivity index (χ3v) is 12.1. The summed E-state index contributed by atoms with van der Waals surface area (Å²) < 4.78 is 0. The maximum atomic E-state index is 12.1. The molecule has 0 aromatic rings. The molecule has 23 heavy (non-hydrogen) atoms. The van der Waals surface area contributed by atoms with Gasteiger partial charge in [0.25, 0.3) is 0 Å². The van der Waals surface area contributed by atoms with Crippen molar-refractivity contribution in [3.8, 4) is 0 Å². The Bertz CT molecular complexity index is 812. The van der Waals surface area contributed by atoms with Gasteiger partial charge >= 0.3 is 0 Å². The van der Waals surface area contributed by atoms with E-state index in [4.69, 9.17) is 0 Å². The van der Waals surface area contributed by atoms with E-state index in [-0.39, 0.29) is 32.9 Å². The molecule has 1 atom stereocenters. The molecule has 0 saturated carbocycles. The fraction of sp³-hybridized carbons (Fsp3) is 0.500. The molecular formula is C18H19O4P. The van der Waals surface area contributed by atoms with Gasteiger partial charge in [-0.1, -0.05) is 40.7 Å². The SMILES string of the molecule is CC1C(C)(C)P(=C=O)(C2C=CC(=C=O)C(=C=O)C2=C=O)C1(C)C. The predicted molar refractivity (Wildman–Crippen MR) is 90.5 cm³/mol. The maximum absolute atomic E-state index is 12.1. The van der Waals surface area contributed by atoms with Crippen molar-refractivity contribution in [3.63, 3.8) is 0 Å². The lowest BCUT2D eigenvalue weighted by Crippen LogP contribution is -2.60. The van der Waals surface area contributed by atoms with Crippen LogP contribution in [0.5, 0.6) is 0 Å². The molecule has 0 bridgehead atoms. The van der Waals surface area contributed by atoms with Crippen LogP contribution >= 0.6 is 6.89 Å². The maximum Gasteiger partial charge on any atom is 0.134 e. The van der Waals surface area contributed by atoms with E-state index in [0.29, 0.717) is 0 Å². The molecule has 120 valence electrons. The third-order valence-electron chi connectivity index (χ3n) is 6.10. The second-order valence-corrected chi connectivity index (χ2v) is 11.6. The molecule has 0 aromatic carbocycles. The summed E-state index contributed by atoms with van der Waals surface area (Å²) in [5.41, 5.74) is 1.61. The summed E-state index contributed by atoms with van der Waals surface area (Å²) in [6, 6.07) is 0. The average molecular weight is 330 g/mol. The molecule has 2 rings (SSSR count). The van der Waals surface area contributed by atoms with Crippen LogP contribution in [0.15, 0.2) is 28.9 Å². The summed E-state index contributed by atoms with van der Waals surface area (Å²) in [5, 5.41) is -0.655. The predicted octanol–water partition coefficient (Wildman–Crippen LogP) is 2.49. The van der Waals surface area contributed by atoms with Crippen molar-refractivity contribution >= 4 is 30.4 Å². The van der Waals surface area contributed by atoms with Crippen molar-refractivity contribution in [1.29, 1.82) is 0 Å². The van der Waals surface area contributed by atoms with Crippen LogP contribution in [0.3, 0.4) is 0 Å². The molecule has 5 heteroatoms. The van der Waals surface area contributed by atoms with Crippen LogP contribution in [0, 0.1) is 5.92 Å². The van der Waals surface area contributed by atoms with E-state index < -0.39 is 12.5 Å². The standard InChI is InChI=1S/C18H19O4P/c1-12-17(2,3)23(11-22,18(12,4)5)16-7-6-13(8-19)14(9-20)15(16)10-21/h6-7,12,16H,1-5H3. The Balaban J connectivity index is 2.85. The van der Waals surface area contributed by atoms with Crippen LogP contribution in [-0.2, 0) is 19.2 Å². The fourth-order valence-electron chi connectivity index (χ4n) is 4.45. The summed E-state index contributed by atoms with van der Waals surface area (Å²) in [4.78, 5) is 46.0. The molecule has 0 spiro atoms. The quantitative estimate of drug-likeness (QED) is 0.547. The molecule has 1 heterocycles. The first-order valence-corrected chi connectivity index (χ1v) is 9.25. The Morgan fingerprint density at radius 1 is 0.957 bits per heavy atom. The van der Waals surface area contributed by atoms with E-state index in [9.17, 15) is 19.2 Å². The number of carbonyl (C=O) groups excluding carboxylic acids is 4. The van der Waals surface area contributed by atoms with Gasteiger partial charge in [-0.3, -0.25) is 0 Å². The molecule has 4 nitrogen and oxygen atoms in total. The molecule has 0 N–H and O–H groups in total. The highest BCUT2D eigenvalue weighted by Crippen LogP contribution is 2.85. The van der Waals surface area contributed by atoms with Crippen LogP contribution in [0.1, 0.15) is 34.6 Å². The highest BCUT2D eigenvalue weighted by atomic mass is 31.2. The Morgan fingerprint density at radius 3 is 1.91 bits per heavy atom. The van der Waals surface area contributed by atoms with Gasteiger partial charge in [-0.15, -0.1) is 0 Å². The molecule has 2 aliphatic rings. The summed E-state index contributed by atoms with van der Waals surface area (Å²) in [7, 11) is 0. The zero-order chi connectivity index (χ0) is 17.6. The van der Waals surface area contributed by atoms with Gasteiger partial charge in [-0.2, -0.15) is 0 Å². The first-order valence-electron chi connectivity index (χ1n) is 7.39. The van der Waals surface area contributed by atoms with Crippen molar-refractivity contribution in [3.05, 3.63) is 28.9 Å². The van der Waals surface area contributed by atoms with E-state index in [2.05, 4.69) is 12.6 Å². The van der Waals surface area contributed by atoms with E-state index in [1.54, 1.807) is 23.9 Å². The van der Waals surface area contributed by atoms with Gasteiger partial charge in [0.1, 0.15) is 23.5 Å². The first-order chi connectivity index (χ1) is 10.7. The van der Waals surface area contributed by atoms with E-state index in [1.165, 1.54) is 6.08 Å². The minimum atomic E-state index is -2.48. The Hall–Kier alpha value is -1.90. The van der Waals surface area contributed by atoms with Gasteiger partial charge in [0.2, 0.25) is 0 Å².